The molecule has 14 heteroatoms. The molecule has 2 fully saturated rings. The van der Waals surface area contributed by atoms with Crippen LogP contribution in [-0.2, 0) is 35.1 Å². The minimum Gasteiger partial charge on any atom is -0.492 e. The number of fused-ring (bicyclic) bond motifs is 1. The Morgan fingerprint density at radius 3 is 2.05 bits per heavy atom. The number of imide groups is 1. The number of halogens is 1. The molecule has 2 N–H and O–H groups in total. The SMILES string of the molecule is O=C1CCC(N2Cc3c(NCCOCCOCCOCCC(=O)N4CCN(CCOc5ccc(/C(=C(/CCCl)c6ccccc6)c6ccccc6)cc5)CC4)cccc3C2=O)C(=O)N1. The molecule has 0 spiro atoms. The predicted molar refractivity (Wildman–Crippen MR) is 247 cm³/mol. The molecule has 7 rings (SSSR count). The Hall–Kier alpha value is -5.57. The summed E-state index contributed by atoms with van der Waals surface area (Å²) in [7, 11) is 0. The van der Waals surface area contributed by atoms with Crippen LogP contribution in [0.5, 0.6) is 5.75 Å². The van der Waals surface area contributed by atoms with Crippen molar-refractivity contribution in [2.75, 3.05) is 96.7 Å². The first-order chi connectivity index (χ1) is 31.4. The second kappa shape index (κ2) is 23.9. The normalized spacial score (nSPS) is 17.0. The van der Waals surface area contributed by atoms with Crippen LogP contribution in [0, 0.1) is 0 Å². The van der Waals surface area contributed by atoms with Crippen LogP contribution in [0.1, 0.15) is 58.3 Å². The van der Waals surface area contributed by atoms with Crippen molar-refractivity contribution in [1.29, 1.82) is 0 Å². The van der Waals surface area contributed by atoms with Crippen molar-refractivity contribution < 1.29 is 38.1 Å². The van der Waals surface area contributed by atoms with Gasteiger partial charge in [-0.1, -0.05) is 78.9 Å². The van der Waals surface area contributed by atoms with E-state index in [0.717, 1.165) is 54.2 Å². The number of hydrogen-bond donors (Lipinski definition) is 2. The summed E-state index contributed by atoms with van der Waals surface area (Å²) in [6, 6.07) is 34.1. The highest BCUT2D eigenvalue weighted by molar-refractivity contribution is 6.18. The van der Waals surface area contributed by atoms with E-state index in [9.17, 15) is 19.2 Å². The van der Waals surface area contributed by atoms with Crippen LogP contribution in [0.4, 0.5) is 5.69 Å². The quantitative estimate of drug-likeness (QED) is 0.0389. The maximum absolute atomic E-state index is 13.0. The van der Waals surface area contributed by atoms with E-state index in [-0.39, 0.29) is 24.1 Å². The molecule has 0 aliphatic carbocycles. The van der Waals surface area contributed by atoms with Gasteiger partial charge >= 0.3 is 0 Å². The highest BCUT2D eigenvalue weighted by Crippen LogP contribution is 2.36. The van der Waals surface area contributed by atoms with Gasteiger partial charge in [0.05, 0.1) is 46.1 Å². The molecule has 64 heavy (non-hydrogen) atoms. The zero-order valence-corrected chi connectivity index (χ0v) is 37.1. The summed E-state index contributed by atoms with van der Waals surface area (Å²) in [4.78, 5) is 55.6. The lowest BCUT2D eigenvalue weighted by Gasteiger charge is -2.34. The standard InChI is InChI=1S/C50H58ClN5O8/c51-22-20-41(37-8-3-1-4-9-37)48(38-10-5-2-6-11-38)39-14-16-40(17-15-39)64-31-28-54-24-26-55(27-25-54)47(58)21-29-61-32-34-63-35-33-62-30-23-52-44-13-7-12-42-43(44)36-56(50(42)60)45-18-19-46(57)53-49(45)59/h1-17,45,52H,18-36H2,(H,53,57,59)/b48-41-. The van der Waals surface area contributed by atoms with Gasteiger partial charge in [-0.25, -0.2) is 0 Å². The van der Waals surface area contributed by atoms with Crippen LogP contribution in [-0.4, -0.2) is 136 Å². The van der Waals surface area contributed by atoms with E-state index in [4.69, 9.17) is 30.5 Å². The number of ether oxygens (including phenoxy) is 4. The van der Waals surface area contributed by atoms with Crippen molar-refractivity contribution in [2.45, 2.75) is 38.3 Å². The van der Waals surface area contributed by atoms with Crippen LogP contribution < -0.4 is 15.4 Å². The molecular weight excluding hydrogens is 834 g/mol. The molecule has 1 atom stereocenters. The van der Waals surface area contributed by atoms with Gasteiger partial charge in [0, 0.05) is 74.9 Å². The molecule has 0 aromatic heterocycles. The monoisotopic (exact) mass is 891 g/mol. The first kappa shape index (κ1) is 46.4. The zero-order valence-electron chi connectivity index (χ0n) is 36.3. The maximum atomic E-state index is 13.0. The van der Waals surface area contributed by atoms with E-state index < -0.39 is 11.9 Å². The average molecular weight is 892 g/mol. The molecule has 338 valence electrons. The highest BCUT2D eigenvalue weighted by atomic mass is 35.5. The number of nitrogens with zero attached hydrogens (tertiary/aromatic N) is 3. The first-order valence-electron chi connectivity index (χ1n) is 22.3. The minimum atomic E-state index is -0.648. The van der Waals surface area contributed by atoms with Gasteiger partial charge in [-0.05, 0) is 64.9 Å². The molecule has 2 saturated heterocycles. The fourth-order valence-corrected chi connectivity index (χ4v) is 8.56. The van der Waals surface area contributed by atoms with Crippen molar-refractivity contribution in [3.63, 3.8) is 0 Å². The smallest absolute Gasteiger partial charge is 0.255 e. The van der Waals surface area contributed by atoms with Gasteiger partial charge in [0.25, 0.3) is 5.91 Å². The highest BCUT2D eigenvalue weighted by Gasteiger charge is 2.39. The molecule has 3 heterocycles. The molecule has 0 bridgehead atoms. The summed E-state index contributed by atoms with van der Waals surface area (Å²) in [5.74, 6) is 0.519. The number of piperazine rings is 1. The summed E-state index contributed by atoms with van der Waals surface area (Å²) in [5.41, 5.74) is 8.04. The molecule has 1 unspecified atom stereocenters. The molecule has 3 aliphatic heterocycles. The molecule has 0 radical (unpaired) electrons. The van der Waals surface area contributed by atoms with Gasteiger partial charge in [0.2, 0.25) is 17.7 Å². The molecule has 4 amide bonds. The lowest BCUT2D eigenvalue weighted by atomic mass is 9.88. The van der Waals surface area contributed by atoms with Gasteiger partial charge < -0.3 is 34.1 Å². The predicted octanol–water partition coefficient (Wildman–Crippen LogP) is 6.11. The lowest BCUT2D eigenvalue weighted by Crippen LogP contribution is -2.52. The number of amides is 4. The van der Waals surface area contributed by atoms with Gasteiger partial charge in [-0.3, -0.25) is 29.4 Å². The zero-order chi connectivity index (χ0) is 44.5. The number of carbonyl (C=O) groups excluding carboxylic acids is 4. The Morgan fingerprint density at radius 1 is 0.703 bits per heavy atom. The molecule has 3 aliphatic rings. The Labute approximate surface area is 380 Å². The Kier molecular flexibility index (Phi) is 17.4. The van der Waals surface area contributed by atoms with Crippen LogP contribution in [0.2, 0.25) is 0 Å². The largest absolute Gasteiger partial charge is 0.492 e. The average Bonchev–Trinajstić information content (AvgIpc) is 3.66. The van der Waals surface area contributed by atoms with Crippen molar-refractivity contribution in [3.05, 3.63) is 131 Å². The van der Waals surface area contributed by atoms with E-state index >= 15 is 0 Å². The molecule has 13 nitrogen and oxygen atoms in total. The first-order valence-corrected chi connectivity index (χ1v) is 22.8. The summed E-state index contributed by atoms with van der Waals surface area (Å²) < 4.78 is 23.2. The summed E-state index contributed by atoms with van der Waals surface area (Å²) >= 11 is 6.32. The summed E-state index contributed by atoms with van der Waals surface area (Å²) in [6.45, 7) is 7.57. The van der Waals surface area contributed by atoms with Crippen molar-refractivity contribution in [1.82, 2.24) is 20.0 Å². The number of allylic oxidation sites excluding steroid dienone is 1. The van der Waals surface area contributed by atoms with Gasteiger partial charge in [-0.15, -0.1) is 11.6 Å². The molecule has 0 saturated carbocycles. The maximum Gasteiger partial charge on any atom is 0.255 e. The fraction of sp³-hybridized carbons (Fsp3) is 0.400. The Morgan fingerprint density at radius 2 is 1.36 bits per heavy atom. The molecule has 4 aromatic carbocycles. The van der Waals surface area contributed by atoms with Gasteiger partial charge in [-0.2, -0.15) is 0 Å². The third-order valence-corrected chi connectivity index (χ3v) is 11.9. The molecular formula is C50H58ClN5O8. The van der Waals surface area contributed by atoms with E-state index in [1.165, 1.54) is 16.7 Å². The van der Waals surface area contributed by atoms with Crippen molar-refractivity contribution in [2.24, 2.45) is 0 Å². The van der Waals surface area contributed by atoms with Gasteiger partial charge in [0.15, 0.2) is 0 Å². The number of hydrogen-bond acceptors (Lipinski definition) is 10. The number of nitrogens with one attached hydrogen (secondary N) is 2. The van der Waals surface area contributed by atoms with Crippen LogP contribution in [0.15, 0.2) is 103 Å². The van der Waals surface area contributed by atoms with Crippen molar-refractivity contribution >= 4 is 52.1 Å². The lowest BCUT2D eigenvalue weighted by molar-refractivity contribution is -0.137. The molecule has 4 aromatic rings. The second-order valence-electron chi connectivity index (χ2n) is 15.9. The fourth-order valence-electron chi connectivity index (χ4n) is 8.37. The van der Waals surface area contributed by atoms with Crippen LogP contribution >= 0.6 is 11.6 Å². The number of rotatable bonds is 23. The number of alkyl halides is 1. The number of benzene rings is 4. The van der Waals surface area contributed by atoms with Crippen molar-refractivity contribution in [3.8, 4) is 5.75 Å². The van der Waals surface area contributed by atoms with E-state index in [2.05, 4.69) is 76.2 Å². The third kappa shape index (κ3) is 12.6. The third-order valence-electron chi connectivity index (χ3n) is 11.7. The summed E-state index contributed by atoms with van der Waals surface area (Å²) in [5, 5.41) is 5.67. The van der Waals surface area contributed by atoms with E-state index in [1.807, 2.05) is 41.3 Å². The van der Waals surface area contributed by atoms with Crippen LogP contribution in [0.25, 0.3) is 11.1 Å². The summed E-state index contributed by atoms with van der Waals surface area (Å²) in [6.07, 6.45) is 1.63. The number of anilines is 1. The topological polar surface area (TPSA) is 139 Å². The second-order valence-corrected chi connectivity index (χ2v) is 16.2. The van der Waals surface area contributed by atoms with Crippen LogP contribution in [0.3, 0.4) is 0 Å². The van der Waals surface area contributed by atoms with Gasteiger partial charge in [0.1, 0.15) is 18.4 Å². The van der Waals surface area contributed by atoms with E-state index in [1.54, 1.807) is 11.0 Å². The minimum absolute atomic E-state index is 0.100. The number of piperidine rings is 1. The van der Waals surface area contributed by atoms with E-state index in [0.29, 0.717) is 96.7 Å². The Balaban J connectivity index is 0.719. The number of carbonyl (C=O) groups is 4. The Bertz CT molecular complexity index is 2200.